The van der Waals surface area contributed by atoms with Gasteiger partial charge in [0.25, 0.3) is 0 Å². The summed E-state index contributed by atoms with van der Waals surface area (Å²) in [6.45, 7) is 2.21. The molecule has 90 valence electrons. The first kappa shape index (κ1) is 11.8. The van der Waals surface area contributed by atoms with E-state index in [1.807, 2.05) is 0 Å². The van der Waals surface area contributed by atoms with Crippen molar-refractivity contribution in [3.8, 4) is 0 Å². The number of nitrogens with zero attached hydrogens (tertiary/aromatic N) is 3. The van der Waals surface area contributed by atoms with Gasteiger partial charge in [-0.3, -0.25) is 0 Å². The highest BCUT2D eigenvalue weighted by Crippen LogP contribution is 2.38. The molecule has 0 amide bonds. The minimum atomic E-state index is 0.342. The molecule has 1 saturated carbocycles. The van der Waals surface area contributed by atoms with Crippen LogP contribution in [0.5, 0.6) is 0 Å². The average molecular weight is 243 g/mol. The first-order chi connectivity index (χ1) is 7.81. The lowest BCUT2D eigenvalue weighted by molar-refractivity contribution is 0.288. The highest BCUT2D eigenvalue weighted by atomic mass is 35.5. The van der Waals surface area contributed by atoms with Crippen molar-refractivity contribution in [2.45, 2.75) is 56.7 Å². The maximum absolute atomic E-state index is 6.26. The Morgan fingerprint density at radius 3 is 3.00 bits per heavy atom. The number of aromatic amines is 1. The Bertz CT molecular complexity index is 301. The molecular weight excluding hydrogens is 224 g/mol. The van der Waals surface area contributed by atoms with Gasteiger partial charge in [0.2, 0.25) is 0 Å². The van der Waals surface area contributed by atoms with Crippen LogP contribution >= 0.6 is 11.6 Å². The van der Waals surface area contributed by atoms with Crippen LogP contribution in [-0.2, 0) is 0 Å². The monoisotopic (exact) mass is 242 g/mol. The third-order valence-electron chi connectivity index (χ3n) is 3.53. The van der Waals surface area contributed by atoms with Gasteiger partial charge >= 0.3 is 0 Å². The summed E-state index contributed by atoms with van der Waals surface area (Å²) in [6, 6.07) is 0. The Morgan fingerprint density at radius 2 is 2.38 bits per heavy atom. The fourth-order valence-corrected chi connectivity index (χ4v) is 3.14. The molecule has 2 rings (SSSR count). The molecule has 0 spiro atoms. The van der Waals surface area contributed by atoms with Gasteiger partial charge in [-0.15, -0.1) is 16.7 Å². The maximum atomic E-state index is 6.26. The molecule has 4 nitrogen and oxygen atoms in total. The minimum Gasteiger partial charge on any atom is -0.243 e. The zero-order valence-corrected chi connectivity index (χ0v) is 10.5. The molecule has 0 bridgehead atoms. The summed E-state index contributed by atoms with van der Waals surface area (Å²) in [5, 5.41) is 14.7. The Labute approximate surface area is 101 Å². The Kier molecular flexibility index (Phi) is 4.16. The third-order valence-corrected chi connectivity index (χ3v) is 3.93. The van der Waals surface area contributed by atoms with Gasteiger partial charge in [0.1, 0.15) is 0 Å². The predicted molar refractivity (Wildman–Crippen MR) is 63.4 cm³/mol. The van der Waals surface area contributed by atoms with Gasteiger partial charge in [-0.05, 0) is 42.0 Å². The number of H-pyrrole nitrogens is 1. The van der Waals surface area contributed by atoms with E-state index in [0.29, 0.717) is 17.2 Å². The lowest BCUT2D eigenvalue weighted by Gasteiger charge is -2.30. The van der Waals surface area contributed by atoms with Crippen molar-refractivity contribution >= 4 is 11.6 Å². The van der Waals surface area contributed by atoms with Crippen molar-refractivity contribution in [2.24, 2.45) is 5.92 Å². The molecule has 0 aliphatic heterocycles. The van der Waals surface area contributed by atoms with Crippen LogP contribution in [0.1, 0.15) is 57.2 Å². The lowest BCUT2D eigenvalue weighted by atomic mass is 9.77. The highest BCUT2D eigenvalue weighted by Gasteiger charge is 2.29. The van der Waals surface area contributed by atoms with Crippen LogP contribution in [0.4, 0.5) is 0 Å². The van der Waals surface area contributed by atoms with Crippen LogP contribution in [0.25, 0.3) is 0 Å². The van der Waals surface area contributed by atoms with Crippen molar-refractivity contribution in [1.29, 1.82) is 0 Å². The number of hydrogen-bond donors (Lipinski definition) is 1. The molecule has 1 fully saturated rings. The largest absolute Gasteiger partial charge is 0.243 e. The first-order valence-corrected chi connectivity index (χ1v) is 6.62. The van der Waals surface area contributed by atoms with Crippen molar-refractivity contribution in [3.05, 3.63) is 5.82 Å². The van der Waals surface area contributed by atoms with Gasteiger partial charge in [-0.1, -0.05) is 19.8 Å². The minimum absolute atomic E-state index is 0.342. The summed E-state index contributed by atoms with van der Waals surface area (Å²) in [5.74, 6) is 2.05. The molecule has 0 saturated heterocycles. The van der Waals surface area contributed by atoms with Gasteiger partial charge < -0.3 is 0 Å². The predicted octanol–water partition coefficient (Wildman–Crippen LogP) is 2.88. The summed E-state index contributed by atoms with van der Waals surface area (Å²) in [6.07, 6.45) is 7.06. The molecule has 1 heterocycles. The van der Waals surface area contributed by atoms with Gasteiger partial charge in [-0.25, -0.2) is 5.10 Å². The topological polar surface area (TPSA) is 54.5 Å². The number of tetrazole rings is 1. The molecule has 3 atom stereocenters. The van der Waals surface area contributed by atoms with E-state index in [2.05, 4.69) is 27.5 Å². The van der Waals surface area contributed by atoms with E-state index in [4.69, 9.17) is 11.6 Å². The summed E-state index contributed by atoms with van der Waals surface area (Å²) >= 11 is 6.26. The molecule has 0 aromatic carbocycles. The van der Waals surface area contributed by atoms with Crippen LogP contribution in [-0.4, -0.2) is 26.0 Å². The smallest absolute Gasteiger partial charge is 0.151 e. The molecular formula is C11H19ClN4. The van der Waals surface area contributed by atoms with Crippen LogP contribution in [0.2, 0.25) is 0 Å². The zero-order valence-electron chi connectivity index (χ0n) is 9.69. The molecule has 1 aromatic rings. The quantitative estimate of drug-likeness (QED) is 0.826. The van der Waals surface area contributed by atoms with E-state index >= 15 is 0 Å². The van der Waals surface area contributed by atoms with Crippen molar-refractivity contribution in [2.75, 3.05) is 0 Å². The average Bonchev–Trinajstić information content (AvgIpc) is 2.79. The first-order valence-electron chi connectivity index (χ1n) is 6.19. The van der Waals surface area contributed by atoms with Gasteiger partial charge in [0.05, 0.1) is 0 Å². The van der Waals surface area contributed by atoms with Gasteiger partial charge in [0.15, 0.2) is 5.82 Å². The van der Waals surface area contributed by atoms with Gasteiger partial charge in [-0.2, -0.15) is 0 Å². The number of alkyl halides is 1. The van der Waals surface area contributed by atoms with Crippen molar-refractivity contribution in [1.82, 2.24) is 20.6 Å². The number of nitrogens with one attached hydrogen (secondary N) is 1. The van der Waals surface area contributed by atoms with Crippen LogP contribution < -0.4 is 0 Å². The van der Waals surface area contributed by atoms with E-state index in [1.54, 1.807) is 0 Å². The van der Waals surface area contributed by atoms with Crippen LogP contribution in [0.3, 0.4) is 0 Å². The number of hydrogen-bond acceptors (Lipinski definition) is 3. The standard InChI is InChI=1S/C11H19ClN4/c1-2-4-10(11-13-15-16-14-11)8-5-3-6-9(12)7-8/h8-10H,2-7H2,1H3,(H,13,14,15,16). The Morgan fingerprint density at radius 1 is 1.50 bits per heavy atom. The van der Waals surface area contributed by atoms with Crippen LogP contribution in [0.15, 0.2) is 0 Å². The fraction of sp³-hybridized carbons (Fsp3) is 0.909. The van der Waals surface area contributed by atoms with Crippen LogP contribution in [0, 0.1) is 5.92 Å². The Balaban J connectivity index is 2.06. The van der Waals surface area contributed by atoms with Crippen molar-refractivity contribution in [3.63, 3.8) is 0 Å². The second-order valence-electron chi connectivity index (χ2n) is 4.71. The molecule has 0 radical (unpaired) electrons. The second kappa shape index (κ2) is 5.62. The highest BCUT2D eigenvalue weighted by molar-refractivity contribution is 6.20. The Hall–Kier alpha value is -0.640. The normalized spacial score (nSPS) is 27.9. The molecule has 3 unspecified atom stereocenters. The zero-order chi connectivity index (χ0) is 11.4. The van der Waals surface area contributed by atoms with Crippen molar-refractivity contribution < 1.29 is 0 Å². The second-order valence-corrected chi connectivity index (χ2v) is 5.32. The number of halogens is 1. The van der Waals surface area contributed by atoms with E-state index in [9.17, 15) is 0 Å². The van der Waals surface area contributed by atoms with E-state index in [0.717, 1.165) is 31.5 Å². The summed E-state index contributed by atoms with van der Waals surface area (Å²) in [7, 11) is 0. The molecule has 16 heavy (non-hydrogen) atoms. The molecule has 5 heteroatoms. The van der Waals surface area contributed by atoms with E-state index in [-0.39, 0.29) is 0 Å². The van der Waals surface area contributed by atoms with E-state index in [1.165, 1.54) is 12.8 Å². The summed E-state index contributed by atoms with van der Waals surface area (Å²) in [4.78, 5) is 0. The fourth-order valence-electron chi connectivity index (χ4n) is 2.76. The molecule has 1 aliphatic rings. The SMILES string of the molecule is CCCC(c1nnn[nH]1)C1CCCC(Cl)C1. The van der Waals surface area contributed by atoms with Gasteiger partial charge in [0, 0.05) is 11.3 Å². The number of aromatic nitrogens is 4. The number of rotatable bonds is 4. The summed E-state index contributed by atoms with van der Waals surface area (Å²) in [5.41, 5.74) is 0. The van der Waals surface area contributed by atoms with E-state index < -0.39 is 0 Å². The summed E-state index contributed by atoms with van der Waals surface area (Å²) < 4.78 is 0. The third kappa shape index (κ3) is 2.73. The maximum Gasteiger partial charge on any atom is 0.151 e. The lowest BCUT2D eigenvalue weighted by Crippen LogP contribution is -2.22. The molecule has 1 aliphatic carbocycles. The molecule has 1 N–H and O–H groups in total. The molecule has 1 aromatic heterocycles.